The third-order valence-electron chi connectivity index (χ3n) is 8.26. The Hall–Kier alpha value is -6.91. The number of benzene rings is 7. The normalized spacial score (nSPS) is 17.8. The molecule has 0 N–H and O–H groups in total. The van der Waals surface area contributed by atoms with Crippen LogP contribution in [0, 0.1) is 0 Å². The van der Waals surface area contributed by atoms with E-state index >= 15 is 0 Å². The molecule has 0 bridgehead atoms. The zero-order valence-electron chi connectivity index (χ0n) is 48.8. The van der Waals surface area contributed by atoms with Crippen LogP contribution in [0.3, 0.4) is 0 Å². The van der Waals surface area contributed by atoms with Gasteiger partial charge < -0.3 is 4.90 Å². The van der Waals surface area contributed by atoms with Crippen LogP contribution in [0.1, 0.15) is 31.5 Å². The van der Waals surface area contributed by atoms with Crippen molar-refractivity contribution < 1.29 is 31.5 Å². The molecule has 0 saturated carbocycles. The van der Waals surface area contributed by atoms with Gasteiger partial charge in [0.25, 0.3) is 0 Å². The molecule has 238 valence electrons. The lowest BCUT2D eigenvalue weighted by molar-refractivity contribution is 1.29. The Balaban J connectivity index is 1.49. The second-order valence-corrected chi connectivity index (χ2v) is 11.1. The van der Waals surface area contributed by atoms with Crippen molar-refractivity contribution >= 4 is 71.3 Å². The number of aromatic nitrogens is 3. The minimum atomic E-state index is -0.778. The molecule has 0 saturated heterocycles. The Labute approximate surface area is 327 Å². The summed E-state index contributed by atoms with van der Waals surface area (Å²) in [5, 5.41) is -2.39. The van der Waals surface area contributed by atoms with Crippen molar-refractivity contribution in [1.82, 2.24) is 15.0 Å². The summed E-state index contributed by atoms with van der Waals surface area (Å²) in [7, 11) is 0. The third kappa shape index (κ3) is 4.80. The molecule has 0 unspecified atom stereocenters. The van der Waals surface area contributed by atoms with Gasteiger partial charge in [-0.25, -0.2) is 9.97 Å². The SMILES string of the molecule is [2H]c1ccc(-c2nc3c([2H])c([2H])cc(N(c4cc([2H])c([2H])c([2H])c4[2H])c4cc([2H])c([2H])c([2H])c4[2H])c3c3c2c([2H])c([2H])c2c(-c4nc5c(c([2H])c4[2H])c([2H])c([2H])c4c([2H])c([2H])c([2H])nc45)c([2H])cc([2H])c23)cc1[2H]. The summed E-state index contributed by atoms with van der Waals surface area (Å²) in [6, 6.07) is -6.16. The van der Waals surface area contributed by atoms with Gasteiger partial charge in [-0.15, -0.1) is 0 Å². The molecule has 0 radical (unpaired) electrons. The molecule has 0 atom stereocenters. The summed E-state index contributed by atoms with van der Waals surface area (Å²) in [6.45, 7) is 0. The van der Waals surface area contributed by atoms with Gasteiger partial charge in [0, 0.05) is 55.6 Å². The molecule has 4 heteroatoms. The minimum Gasteiger partial charge on any atom is -0.310 e. The average Bonchev–Trinajstić information content (AvgIpc) is 3.35. The molecule has 0 fully saturated rings. The van der Waals surface area contributed by atoms with E-state index in [9.17, 15) is 11.0 Å². The van der Waals surface area contributed by atoms with Crippen LogP contribution in [-0.2, 0) is 0 Å². The number of para-hydroxylation sites is 2. The van der Waals surface area contributed by atoms with Gasteiger partial charge in [0.2, 0.25) is 0 Å². The van der Waals surface area contributed by atoms with E-state index in [4.69, 9.17) is 25.5 Å². The first-order valence-corrected chi connectivity index (χ1v) is 15.3. The summed E-state index contributed by atoms with van der Waals surface area (Å²) in [5.74, 6) is 0. The Kier molecular flexibility index (Phi) is 3.30. The fourth-order valence-electron chi connectivity index (χ4n) is 6.11. The van der Waals surface area contributed by atoms with Gasteiger partial charge in [0.05, 0.1) is 65.2 Å². The van der Waals surface area contributed by atoms with E-state index in [-0.39, 0.29) is 67.0 Å². The highest BCUT2D eigenvalue weighted by Gasteiger charge is 2.21. The van der Waals surface area contributed by atoms with Crippen molar-refractivity contribution in [2.45, 2.75) is 0 Å². The zero-order chi connectivity index (χ0) is 53.7. The van der Waals surface area contributed by atoms with Crippen LogP contribution >= 0.6 is 0 Å². The zero-order valence-corrected chi connectivity index (χ0v) is 25.8. The quantitative estimate of drug-likeness (QED) is 0.171. The summed E-state index contributed by atoms with van der Waals surface area (Å²) >= 11 is 0. The van der Waals surface area contributed by atoms with Crippen LogP contribution in [0.2, 0.25) is 0 Å². The van der Waals surface area contributed by atoms with E-state index in [1.807, 2.05) is 0 Å². The van der Waals surface area contributed by atoms with Crippen molar-refractivity contribution in [3.63, 3.8) is 0 Å². The predicted octanol–water partition coefficient (Wildman–Crippen LogP) is 12.4. The Bertz CT molecular complexity index is 4200. The predicted molar refractivity (Wildman–Crippen MR) is 213 cm³/mol. The number of rotatable bonds is 5. The Morgan fingerprint density at radius 3 is 2.12 bits per heavy atom. The van der Waals surface area contributed by atoms with Crippen molar-refractivity contribution in [3.05, 3.63) is 182 Å². The van der Waals surface area contributed by atoms with Gasteiger partial charge >= 0.3 is 0 Å². The van der Waals surface area contributed by atoms with Gasteiger partial charge in [-0.2, -0.15) is 0 Å². The Morgan fingerprint density at radius 2 is 1.27 bits per heavy atom. The van der Waals surface area contributed by atoms with Crippen LogP contribution in [0.5, 0.6) is 0 Å². The average molecular weight is 674 g/mol. The van der Waals surface area contributed by atoms with E-state index in [2.05, 4.69) is 9.97 Å². The van der Waals surface area contributed by atoms with E-state index in [0.717, 1.165) is 29.2 Å². The summed E-state index contributed by atoms with van der Waals surface area (Å²) in [6.07, 6.45) is -0.715. The fraction of sp³-hybridized carbons (Fsp3) is 0. The lowest BCUT2D eigenvalue weighted by Crippen LogP contribution is -2.10. The molecule has 4 nitrogen and oxygen atoms in total. The van der Waals surface area contributed by atoms with Crippen LogP contribution in [0.4, 0.5) is 17.1 Å². The summed E-state index contributed by atoms with van der Waals surface area (Å²) in [4.78, 5) is 14.5. The first-order chi connectivity index (χ1) is 34.8. The molecule has 10 rings (SSSR count). The van der Waals surface area contributed by atoms with E-state index in [1.165, 1.54) is 18.2 Å². The molecule has 3 aromatic heterocycles. The largest absolute Gasteiger partial charge is 0.310 e. The van der Waals surface area contributed by atoms with Gasteiger partial charge in [-0.05, 0) is 59.2 Å². The van der Waals surface area contributed by atoms with Crippen molar-refractivity contribution in [2.75, 3.05) is 4.90 Å². The Morgan fingerprint density at radius 1 is 0.490 bits per heavy atom. The standard InChI is InChI=1S/C47H30N4/c1-4-13-31(14-5-1)45-39-28-27-36-37(40-29-26-33-25-24-32-15-12-30-48-46(32)47(33)49-40)20-10-21-38(36)43(39)44-41(50-45)22-11-23-42(44)51(34-16-6-2-7-17-34)35-18-8-3-9-19-35/h1-30H/i1D,2D,3D,4D,6D,7D,8D,9D,11D,12D,15D,16D,18D,20D,21D,22D,24D,25D,26D,27D,28D,29D,30D. The van der Waals surface area contributed by atoms with Gasteiger partial charge in [0.1, 0.15) is 0 Å². The van der Waals surface area contributed by atoms with E-state index in [1.54, 1.807) is 0 Å². The van der Waals surface area contributed by atoms with Crippen molar-refractivity contribution in [3.8, 4) is 22.5 Å². The number of hydrogen-bond donors (Lipinski definition) is 0. The van der Waals surface area contributed by atoms with Gasteiger partial charge in [-0.1, -0.05) is 127 Å². The molecule has 51 heavy (non-hydrogen) atoms. The molecule has 0 aliphatic carbocycles. The van der Waals surface area contributed by atoms with Gasteiger partial charge in [-0.3, -0.25) is 4.98 Å². The molecule has 0 aliphatic heterocycles. The number of anilines is 3. The first-order valence-electron chi connectivity index (χ1n) is 26.8. The molecule has 7 aromatic carbocycles. The highest BCUT2D eigenvalue weighted by Crippen LogP contribution is 2.46. The van der Waals surface area contributed by atoms with Crippen LogP contribution in [0.25, 0.3) is 76.8 Å². The minimum absolute atomic E-state index is 0.0535. The highest BCUT2D eigenvalue weighted by atomic mass is 15.1. The second kappa shape index (κ2) is 11.9. The first kappa shape index (κ1) is 14.1. The molecule has 0 aliphatic rings. The molecule has 3 heterocycles. The topological polar surface area (TPSA) is 41.9 Å². The maximum Gasteiger partial charge on any atom is 0.0972 e. The molecular weight excluding hydrogens is 621 g/mol. The van der Waals surface area contributed by atoms with Crippen LogP contribution in [-0.4, -0.2) is 15.0 Å². The number of nitrogens with zero attached hydrogens (tertiary/aromatic N) is 4. The monoisotopic (exact) mass is 673 g/mol. The lowest BCUT2D eigenvalue weighted by atomic mass is 9.91. The lowest BCUT2D eigenvalue weighted by Gasteiger charge is -2.27. The molecule has 10 aromatic rings. The van der Waals surface area contributed by atoms with Gasteiger partial charge in [0.15, 0.2) is 0 Å². The third-order valence-corrected chi connectivity index (χ3v) is 8.26. The smallest absolute Gasteiger partial charge is 0.0972 e. The summed E-state index contributed by atoms with van der Waals surface area (Å²) < 4.78 is 205. The van der Waals surface area contributed by atoms with Crippen molar-refractivity contribution in [2.24, 2.45) is 0 Å². The van der Waals surface area contributed by atoms with Crippen LogP contribution in [0.15, 0.2) is 182 Å². The van der Waals surface area contributed by atoms with E-state index < -0.39 is 166 Å². The van der Waals surface area contributed by atoms with E-state index in [0.29, 0.717) is 0 Å². The van der Waals surface area contributed by atoms with Crippen LogP contribution < -0.4 is 4.90 Å². The number of pyridine rings is 3. The second-order valence-electron chi connectivity index (χ2n) is 11.1. The highest BCUT2D eigenvalue weighted by molar-refractivity contribution is 6.27. The molecular formula is C47H30N4. The van der Waals surface area contributed by atoms with Crippen molar-refractivity contribution in [1.29, 1.82) is 0 Å². The summed E-state index contributed by atoms with van der Waals surface area (Å²) in [5.41, 5.74) is -3.56. The fourth-order valence-corrected chi connectivity index (χ4v) is 6.11. The maximum absolute atomic E-state index is 9.86. The number of hydrogen-bond acceptors (Lipinski definition) is 4. The number of fused-ring (bicyclic) bond motifs is 8. The molecule has 0 spiro atoms. The maximum atomic E-state index is 9.86. The molecule has 0 amide bonds.